The van der Waals surface area contributed by atoms with Crippen molar-refractivity contribution in [2.75, 3.05) is 6.54 Å². The molecule has 3 aromatic carbocycles. The summed E-state index contributed by atoms with van der Waals surface area (Å²) in [6, 6.07) is 18.5. The van der Waals surface area contributed by atoms with Crippen LogP contribution in [0.2, 0.25) is 0 Å². The zero-order chi connectivity index (χ0) is 22.9. The number of para-hydroxylation sites is 1. The van der Waals surface area contributed by atoms with Crippen LogP contribution < -0.4 is 11.1 Å². The van der Waals surface area contributed by atoms with E-state index in [1.807, 2.05) is 43.3 Å². The smallest absolute Gasteiger partial charge is 0.251 e. The SMILES string of the molecule is Cc1ccc2[nH]c(CCNC(=O)c3ccc(-c4nc5c(C(N)=O)cccc5[nH]4)cc3)nc2c1. The molecule has 2 heterocycles. The number of benzene rings is 3. The van der Waals surface area contributed by atoms with E-state index >= 15 is 0 Å². The van der Waals surface area contributed by atoms with Crippen molar-refractivity contribution in [1.82, 2.24) is 25.3 Å². The van der Waals surface area contributed by atoms with E-state index in [9.17, 15) is 9.59 Å². The summed E-state index contributed by atoms with van der Waals surface area (Å²) in [7, 11) is 0. The Morgan fingerprint density at radius 2 is 1.79 bits per heavy atom. The number of aryl methyl sites for hydroxylation is 1. The maximum absolute atomic E-state index is 12.5. The van der Waals surface area contributed by atoms with Crippen LogP contribution in [0.25, 0.3) is 33.5 Å². The first kappa shape index (κ1) is 20.4. The Hall–Kier alpha value is -4.46. The lowest BCUT2D eigenvalue weighted by molar-refractivity contribution is 0.0952. The van der Waals surface area contributed by atoms with Crippen molar-refractivity contribution in [3.63, 3.8) is 0 Å². The lowest BCUT2D eigenvalue weighted by Crippen LogP contribution is -2.25. The van der Waals surface area contributed by atoms with E-state index in [1.165, 1.54) is 0 Å². The van der Waals surface area contributed by atoms with Gasteiger partial charge in [-0.05, 0) is 48.9 Å². The zero-order valence-corrected chi connectivity index (χ0v) is 18.0. The van der Waals surface area contributed by atoms with Crippen LogP contribution in [-0.4, -0.2) is 38.3 Å². The van der Waals surface area contributed by atoms with Crippen molar-refractivity contribution in [3.05, 3.63) is 83.2 Å². The predicted octanol–water partition coefficient (Wildman–Crippen LogP) is 3.49. The summed E-state index contributed by atoms with van der Waals surface area (Å²) in [6.45, 7) is 2.50. The van der Waals surface area contributed by atoms with Gasteiger partial charge in [-0.15, -0.1) is 0 Å². The normalized spacial score (nSPS) is 11.2. The highest BCUT2D eigenvalue weighted by atomic mass is 16.2. The molecule has 0 radical (unpaired) electrons. The summed E-state index contributed by atoms with van der Waals surface area (Å²) < 4.78 is 0. The molecule has 33 heavy (non-hydrogen) atoms. The van der Waals surface area contributed by atoms with Gasteiger partial charge in [-0.2, -0.15) is 0 Å². The van der Waals surface area contributed by atoms with Gasteiger partial charge in [-0.1, -0.05) is 24.3 Å². The van der Waals surface area contributed by atoms with Crippen LogP contribution >= 0.6 is 0 Å². The molecule has 164 valence electrons. The van der Waals surface area contributed by atoms with Crippen LogP contribution in [0.3, 0.4) is 0 Å². The minimum absolute atomic E-state index is 0.158. The Balaban J connectivity index is 1.25. The predicted molar refractivity (Wildman–Crippen MR) is 127 cm³/mol. The number of nitrogens with two attached hydrogens (primary N) is 1. The molecule has 2 amide bonds. The summed E-state index contributed by atoms with van der Waals surface area (Å²) in [4.78, 5) is 39.7. The second-order valence-corrected chi connectivity index (χ2v) is 7.94. The van der Waals surface area contributed by atoms with Crippen LogP contribution in [0.1, 0.15) is 32.1 Å². The van der Waals surface area contributed by atoms with Gasteiger partial charge in [-0.3, -0.25) is 9.59 Å². The number of hydrogen-bond donors (Lipinski definition) is 4. The first-order chi connectivity index (χ1) is 16.0. The first-order valence-electron chi connectivity index (χ1n) is 10.6. The molecule has 8 heteroatoms. The van der Waals surface area contributed by atoms with Gasteiger partial charge >= 0.3 is 0 Å². The molecule has 0 saturated heterocycles. The summed E-state index contributed by atoms with van der Waals surface area (Å²) in [5, 5.41) is 2.93. The first-order valence-corrected chi connectivity index (χ1v) is 10.6. The molecular weight excluding hydrogens is 416 g/mol. The van der Waals surface area contributed by atoms with Gasteiger partial charge in [-0.25, -0.2) is 9.97 Å². The van der Waals surface area contributed by atoms with Crippen LogP contribution in [0.5, 0.6) is 0 Å². The third-order valence-corrected chi connectivity index (χ3v) is 5.53. The maximum Gasteiger partial charge on any atom is 0.251 e. The largest absolute Gasteiger partial charge is 0.366 e. The zero-order valence-electron chi connectivity index (χ0n) is 18.0. The van der Waals surface area contributed by atoms with Gasteiger partial charge in [0.1, 0.15) is 17.2 Å². The number of aromatic amines is 2. The van der Waals surface area contributed by atoms with Crippen molar-refractivity contribution in [2.24, 2.45) is 5.73 Å². The van der Waals surface area contributed by atoms with E-state index in [0.717, 1.165) is 33.5 Å². The Kier molecular flexibility index (Phi) is 5.10. The maximum atomic E-state index is 12.5. The molecular formula is C25H22N6O2. The number of imidazole rings is 2. The van der Waals surface area contributed by atoms with Crippen LogP contribution in [-0.2, 0) is 6.42 Å². The van der Waals surface area contributed by atoms with Gasteiger partial charge in [0.25, 0.3) is 11.8 Å². The fraction of sp³-hybridized carbons (Fsp3) is 0.120. The molecule has 0 bridgehead atoms. The number of fused-ring (bicyclic) bond motifs is 2. The summed E-state index contributed by atoms with van der Waals surface area (Å²) >= 11 is 0. The monoisotopic (exact) mass is 438 g/mol. The molecule has 0 aliphatic carbocycles. The molecule has 5 N–H and O–H groups in total. The van der Waals surface area contributed by atoms with Crippen molar-refractivity contribution in [1.29, 1.82) is 0 Å². The number of hydrogen-bond acceptors (Lipinski definition) is 4. The lowest BCUT2D eigenvalue weighted by atomic mass is 10.1. The topological polar surface area (TPSA) is 130 Å². The van der Waals surface area contributed by atoms with Crippen molar-refractivity contribution in [3.8, 4) is 11.4 Å². The Morgan fingerprint density at radius 1 is 0.970 bits per heavy atom. The third-order valence-electron chi connectivity index (χ3n) is 5.53. The Labute approximate surface area is 189 Å². The average Bonchev–Trinajstić information content (AvgIpc) is 3.42. The highest BCUT2D eigenvalue weighted by Gasteiger charge is 2.13. The Bertz CT molecular complexity index is 1500. The molecule has 2 aromatic heterocycles. The average molecular weight is 438 g/mol. The van der Waals surface area contributed by atoms with Crippen molar-refractivity contribution >= 4 is 33.9 Å². The van der Waals surface area contributed by atoms with Gasteiger partial charge < -0.3 is 21.0 Å². The van der Waals surface area contributed by atoms with E-state index in [1.54, 1.807) is 24.3 Å². The van der Waals surface area contributed by atoms with E-state index in [-0.39, 0.29) is 5.91 Å². The number of carbonyl (C=O) groups excluding carboxylic acids is 2. The number of amides is 2. The van der Waals surface area contributed by atoms with E-state index in [4.69, 9.17) is 5.73 Å². The molecule has 5 aromatic rings. The van der Waals surface area contributed by atoms with Crippen LogP contribution in [0.4, 0.5) is 0 Å². The molecule has 8 nitrogen and oxygen atoms in total. The fourth-order valence-electron chi connectivity index (χ4n) is 3.83. The minimum Gasteiger partial charge on any atom is -0.366 e. The molecule has 0 atom stereocenters. The van der Waals surface area contributed by atoms with Crippen molar-refractivity contribution in [2.45, 2.75) is 13.3 Å². The fourth-order valence-corrected chi connectivity index (χ4v) is 3.83. The molecule has 0 spiro atoms. The van der Waals surface area contributed by atoms with Crippen LogP contribution in [0.15, 0.2) is 60.7 Å². The summed E-state index contributed by atoms with van der Waals surface area (Å²) in [6.07, 6.45) is 0.610. The highest BCUT2D eigenvalue weighted by molar-refractivity contribution is 6.04. The third kappa shape index (κ3) is 4.06. The van der Waals surface area contributed by atoms with Crippen LogP contribution in [0, 0.1) is 6.92 Å². The molecule has 0 aliphatic rings. The summed E-state index contributed by atoms with van der Waals surface area (Å²) in [5.41, 5.74) is 11.5. The number of H-pyrrole nitrogens is 2. The van der Waals surface area contributed by atoms with Gasteiger partial charge in [0, 0.05) is 24.1 Å². The van der Waals surface area contributed by atoms with E-state index < -0.39 is 5.91 Å². The van der Waals surface area contributed by atoms with E-state index in [2.05, 4.69) is 25.3 Å². The number of nitrogens with zero attached hydrogens (tertiary/aromatic N) is 2. The molecule has 0 aliphatic heterocycles. The van der Waals surface area contributed by atoms with Crippen molar-refractivity contribution < 1.29 is 9.59 Å². The highest BCUT2D eigenvalue weighted by Crippen LogP contribution is 2.23. The molecule has 0 saturated carbocycles. The Morgan fingerprint density at radius 3 is 2.58 bits per heavy atom. The molecule has 0 fully saturated rings. The minimum atomic E-state index is -0.525. The molecule has 0 unspecified atom stereocenters. The lowest BCUT2D eigenvalue weighted by Gasteiger charge is -2.05. The second-order valence-electron chi connectivity index (χ2n) is 7.94. The number of carbonyl (C=O) groups is 2. The van der Waals surface area contributed by atoms with Gasteiger partial charge in [0.05, 0.1) is 22.1 Å². The second kappa shape index (κ2) is 8.23. The number of primary amides is 1. The molecule has 5 rings (SSSR count). The van der Waals surface area contributed by atoms with Gasteiger partial charge in [0.15, 0.2) is 0 Å². The number of rotatable bonds is 6. The van der Waals surface area contributed by atoms with Gasteiger partial charge in [0.2, 0.25) is 0 Å². The summed E-state index contributed by atoms with van der Waals surface area (Å²) in [5.74, 6) is 0.759. The number of aromatic nitrogens is 4. The number of nitrogens with one attached hydrogen (secondary N) is 3. The van der Waals surface area contributed by atoms with E-state index in [0.29, 0.717) is 35.4 Å². The standard InChI is InChI=1S/C25H22N6O2/c1-14-5-10-18-20(13-14)29-21(28-18)11-12-27-25(33)16-8-6-15(7-9-16)24-30-19-4-2-3-17(23(26)32)22(19)31-24/h2-10,13H,11-12H2,1H3,(H2,26,32)(H,27,33)(H,28,29)(H,30,31). The quantitative estimate of drug-likeness (QED) is 0.323.